The predicted molar refractivity (Wildman–Crippen MR) is 70.3 cm³/mol. The van der Waals surface area contributed by atoms with Crippen molar-refractivity contribution in [2.24, 2.45) is 0 Å². The van der Waals surface area contributed by atoms with E-state index in [9.17, 15) is 0 Å². The zero-order valence-corrected chi connectivity index (χ0v) is 11.1. The average Bonchev–Trinajstić information content (AvgIpc) is 2.43. The number of nitrogens with one attached hydrogen (secondary N) is 1. The van der Waals surface area contributed by atoms with Crippen LogP contribution in [0, 0.1) is 0 Å². The molecule has 1 aliphatic heterocycles. The Balaban J connectivity index is 2.05. The average molecular weight is 251 g/mol. The highest BCUT2D eigenvalue weighted by Gasteiger charge is 2.15. The van der Waals surface area contributed by atoms with Crippen LogP contribution < -0.4 is 14.8 Å². The highest BCUT2D eigenvalue weighted by molar-refractivity contribution is 5.44. The summed E-state index contributed by atoms with van der Waals surface area (Å²) >= 11 is 0. The van der Waals surface area contributed by atoms with E-state index in [1.807, 2.05) is 13.1 Å². The molecule has 0 aliphatic carbocycles. The Morgan fingerprint density at radius 1 is 1.28 bits per heavy atom. The van der Waals surface area contributed by atoms with Crippen molar-refractivity contribution in [3.63, 3.8) is 0 Å². The van der Waals surface area contributed by atoms with Crippen LogP contribution >= 0.6 is 0 Å². The molecule has 0 fully saturated rings. The number of hydrogen-bond donors (Lipinski definition) is 1. The molecule has 100 valence electrons. The molecule has 1 aromatic rings. The summed E-state index contributed by atoms with van der Waals surface area (Å²) in [5, 5.41) is 3.33. The Morgan fingerprint density at radius 2 is 2.06 bits per heavy atom. The molecule has 4 heteroatoms. The molecule has 0 amide bonds. The summed E-state index contributed by atoms with van der Waals surface area (Å²) in [5.41, 5.74) is 1.23. The van der Waals surface area contributed by atoms with Crippen LogP contribution in [0.15, 0.2) is 18.2 Å². The van der Waals surface area contributed by atoms with Crippen LogP contribution in [0.4, 0.5) is 0 Å². The number of ether oxygens (including phenoxy) is 3. The van der Waals surface area contributed by atoms with E-state index in [-0.39, 0.29) is 0 Å². The van der Waals surface area contributed by atoms with Crippen LogP contribution in [0.5, 0.6) is 11.5 Å². The van der Waals surface area contributed by atoms with Gasteiger partial charge in [0.2, 0.25) is 0 Å². The van der Waals surface area contributed by atoms with E-state index in [4.69, 9.17) is 14.2 Å². The number of rotatable bonds is 6. The second-order valence-electron chi connectivity index (χ2n) is 4.38. The third-order valence-electron chi connectivity index (χ3n) is 3.16. The first-order valence-electron chi connectivity index (χ1n) is 6.41. The number of methoxy groups -OCH3 is 1. The van der Waals surface area contributed by atoms with Crippen LogP contribution in [-0.4, -0.2) is 34.0 Å². The van der Waals surface area contributed by atoms with E-state index >= 15 is 0 Å². The lowest BCUT2D eigenvalue weighted by molar-refractivity contribution is 0.171. The van der Waals surface area contributed by atoms with Gasteiger partial charge < -0.3 is 19.5 Å². The molecule has 1 atom stereocenters. The molecule has 0 spiro atoms. The second-order valence-corrected chi connectivity index (χ2v) is 4.38. The van der Waals surface area contributed by atoms with E-state index in [1.54, 1.807) is 7.11 Å². The largest absolute Gasteiger partial charge is 0.486 e. The molecule has 1 heterocycles. The van der Waals surface area contributed by atoms with E-state index in [0.29, 0.717) is 19.3 Å². The molecule has 4 nitrogen and oxygen atoms in total. The molecular formula is C14H21NO3. The molecule has 0 radical (unpaired) electrons. The maximum Gasteiger partial charge on any atom is 0.161 e. The quantitative estimate of drug-likeness (QED) is 0.786. The van der Waals surface area contributed by atoms with Gasteiger partial charge in [-0.2, -0.15) is 0 Å². The maximum absolute atomic E-state index is 5.61. The summed E-state index contributed by atoms with van der Waals surface area (Å²) in [6.45, 7) is 2.06. The van der Waals surface area contributed by atoms with Crippen molar-refractivity contribution in [3.8, 4) is 11.5 Å². The summed E-state index contributed by atoms with van der Waals surface area (Å²) in [4.78, 5) is 0. The Kier molecular flexibility index (Phi) is 4.84. The van der Waals surface area contributed by atoms with Crippen LogP contribution in [0.25, 0.3) is 0 Å². The number of hydrogen-bond acceptors (Lipinski definition) is 4. The summed E-state index contributed by atoms with van der Waals surface area (Å²) in [6, 6.07) is 6.49. The fourth-order valence-corrected chi connectivity index (χ4v) is 2.19. The van der Waals surface area contributed by atoms with Gasteiger partial charge >= 0.3 is 0 Å². The van der Waals surface area contributed by atoms with Crippen molar-refractivity contribution in [2.45, 2.75) is 18.9 Å². The summed E-state index contributed by atoms with van der Waals surface area (Å²) in [6.07, 6.45) is 2.08. The standard InChI is InChI=1S/C14H21NO3/c1-15-12(4-3-7-16-2)11-5-6-13-14(10-11)18-9-8-17-13/h5-6,10,12,15H,3-4,7-9H2,1-2H3. The van der Waals surface area contributed by atoms with Gasteiger partial charge in [-0.3, -0.25) is 0 Å². The molecule has 0 saturated heterocycles. The second kappa shape index (κ2) is 6.61. The predicted octanol–water partition coefficient (Wildman–Crippen LogP) is 2.14. The lowest BCUT2D eigenvalue weighted by Crippen LogP contribution is -2.19. The minimum Gasteiger partial charge on any atom is -0.486 e. The van der Waals surface area contributed by atoms with Crippen LogP contribution in [0.3, 0.4) is 0 Å². The molecule has 0 saturated carbocycles. The van der Waals surface area contributed by atoms with Crippen molar-refractivity contribution in [2.75, 3.05) is 34.0 Å². The number of fused-ring (bicyclic) bond motifs is 1. The van der Waals surface area contributed by atoms with Crippen molar-refractivity contribution in [3.05, 3.63) is 23.8 Å². The van der Waals surface area contributed by atoms with Gasteiger partial charge in [-0.1, -0.05) is 6.07 Å². The first-order valence-corrected chi connectivity index (χ1v) is 6.41. The smallest absolute Gasteiger partial charge is 0.161 e. The monoisotopic (exact) mass is 251 g/mol. The fraction of sp³-hybridized carbons (Fsp3) is 0.571. The summed E-state index contributed by atoms with van der Waals surface area (Å²) < 4.78 is 16.2. The Labute approximate surface area is 108 Å². The lowest BCUT2D eigenvalue weighted by Gasteiger charge is -2.22. The van der Waals surface area contributed by atoms with E-state index < -0.39 is 0 Å². The molecule has 0 bridgehead atoms. The lowest BCUT2D eigenvalue weighted by atomic mass is 10.0. The fourth-order valence-electron chi connectivity index (χ4n) is 2.19. The third kappa shape index (κ3) is 3.15. The molecule has 1 unspecified atom stereocenters. The van der Waals surface area contributed by atoms with E-state index in [0.717, 1.165) is 30.9 Å². The molecular weight excluding hydrogens is 230 g/mol. The van der Waals surface area contributed by atoms with Gasteiger partial charge in [-0.15, -0.1) is 0 Å². The van der Waals surface area contributed by atoms with Crippen molar-refractivity contribution >= 4 is 0 Å². The molecule has 1 aliphatic rings. The topological polar surface area (TPSA) is 39.7 Å². The van der Waals surface area contributed by atoms with Gasteiger partial charge in [0.1, 0.15) is 13.2 Å². The Morgan fingerprint density at radius 3 is 2.78 bits per heavy atom. The molecule has 0 aromatic heterocycles. The Bertz CT molecular complexity index is 381. The molecule has 2 rings (SSSR count). The molecule has 1 N–H and O–H groups in total. The minimum atomic E-state index is 0.330. The van der Waals surface area contributed by atoms with Gasteiger partial charge in [0.05, 0.1) is 0 Å². The van der Waals surface area contributed by atoms with Crippen LogP contribution in [0.1, 0.15) is 24.4 Å². The maximum atomic E-state index is 5.61. The first-order chi connectivity index (χ1) is 8.85. The summed E-state index contributed by atoms with van der Waals surface area (Å²) in [7, 11) is 3.72. The zero-order valence-electron chi connectivity index (χ0n) is 11.1. The molecule has 1 aromatic carbocycles. The minimum absolute atomic E-state index is 0.330. The zero-order chi connectivity index (χ0) is 12.8. The van der Waals surface area contributed by atoms with Crippen molar-refractivity contribution in [1.82, 2.24) is 5.32 Å². The first kappa shape index (κ1) is 13.2. The van der Waals surface area contributed by atoms with Gasteiger partial charge in [0.15, 0.2) is 11.5 Å². The van der Waals surface area contributed by atoms with Crippen LogP contribution in [-0.2, 0) is 4.74 Å². The van der Waals surface area contributed by atoms with E-state index in [1.165, 1.54) is 5.56 Å². The normalized spacial score (nSPS) is 15.4. The number of benzene rings is 1. The van der Waals surface area contributed by atoms with Crippen LogP contribution in [0.2, 0.25) is 0 Å². The van der Waals surface area contributed by atoms with Gasteiger partial charge in [0, 0.05) is 19.8 Å². The van der Waals surface area contributed by atoms with E-state index in [2.05, 4.69) is 17.4 Å². The van der Waals surface area contributed by atoms with Gasteiger partial charge in [-0.05, 0) is 37.6 Å². The highest BCUT2D eigenvalue weighted by atomic mass is 16.6. The van der Waals surface area contributed by atoms with Gasteiger partial charge in [-0.25, -0.2) is 0 Å². The third-order valence-corrected chi connectivity index (χ3v) is 3.16. The summed E-state index contributed by atoms with van der Waals surface area (Å²) in [5.74, 6) is 1.70. The highest BCUT2D eigenvalue weighted by Crippen LogP contribution is 2.33. The van der Waals surface area contributed by atoms with Gasteiger partial charge in [0.25, 0.3) is 0 Å². The SMILES string of the molecule is CNC(CCCOC)c1ccc2c(c1)OCCO2. The molecule has 18 heavy (non-hydrogen) atoms. The van der Waals surface area contributed by atoms with Crippen molar-refractivity contribution in [1.29, 1.82) is 0 Å². The Hall–Kier alpha value is -1.26. The van der Waals surface area contributed by atoms with Crippen molar-refractivity contribution < 1.29 is 14.2 Å².